The summed E-state index contributed by atoms with van der Waals surface area (Å²) in [5.41, 5.74) is 4.28. The van der Waals surface area contributed by atoms with Crippen molar-refractivity contribution in [3.05, 3.63) is 87.0 Å². The Morgan fingerprint density at radius 3 is 1.33 bits per heavy atom. The predicted octanol–water partition coefficient (Wildman–Crippen LogP) is 6.47. The Labute approximate surface area is 321 Å². The van der Waals surface area contributed by atoms with Crippen LogP contribution in [-0.2, 0) is 61.8 Å². The topological polar surface area (TPSA) is 104 Å². The van der Waals surface area contributed by atoms with E-state index in [0.717, 1.165) is 47.9 Å². The van der Waals surface area contributed by atoms with Gasteiger partial charge >= 0.3 is 17.1 Å². The first-order chi connectivity index (χ1) is 22.7. The number of hydrogen-bond acceptors (Lipinski definition) is 7. The van der Waals surface area contributed by atoms with Crippen LogP contribution in [0.5, 0.6) is 17.2 Å². The summed E-state index contributed by atoms with van der Waals surface area (Å²) >= 11 is 0. The van der Waals surface area contributed by atoms with Crippen molar-refractivity contribution in [2.45, 2.75) is 142 Å². The van der Waals surface area contributed by atoms with Crippen LogP contribution in [0.1, 0.15) is 139 Å². The van der Waals surface area contributed by atoms with Gasteiger partial charge in [-0.05, 0) is 110 Å². The molecule has 2 atom stereocenters. The molecule has 9 heteroatoms. The van der Waals surface area contributed by atoms with E-state index >= 15 is 0 Å². The second-order valence-corrected chi connectivity index (χ2v) is 17.0. The minimum Gasteiger partial charge on any atom is -1.00 e. The van der Waals surface area contributed by atoms with Gasteiger partial charge in [0, 0.05) is 34.7 Å². The van der Waals surface area contributed by atoms with Gasteiger partial charge in [-0.25, -0.2) is 0 Å². The maximum absolute atomic E-state index is 11.7. The molecular weight excluding hydrogens is 703 g/mol. The molecule has 277 valence electrons. The predicted molar refractivity (Wildman–Crippen MR) is 199 cm³/mol. The number of phenols is 3. The van der Waals surface area contributed by atoms with E-state index in [4.69, 9.17) is 19.5 Å². The first kappa shape index (κ1) is 42.5. The van der Waals surface area contributed by atoms with E-state index in [0.29, 0.717) is 22.3 Å². The van der Waals surface area contributed by atoms with E-state index in [9.17, 15) is 15.3 Å². The van der Waals surface area contributed by atoms with E-state index in [1.54, 1.807) is 12.1 Å². The number of ether oxygens (including phenoxy) is 2. The van der Waals surface area contributed by atoms with Crippen molar-refractivity contribution in [2.75, 3.05) is 0 Å². The van der Waals surface area contributed by atoms with Gasteiger partial charge in [0.15, 0.2) is 0 Å². The van der Waals surface area contributed by atoms with Crippen LogP contribution < -0.4 is 12.4 Å². The summed E-state index contributed by atoms with van der Waals surface area (Å²) in [6.07, 6.45) is 7.52. The van der Waals surface area contributed by atoms with Crippen LogP contribution in [-0.4, -0.2) is 39.8 Å². The van der Waals surface area contributed by atoms with Crippen molar-refractivity contribution in [3.8, 4) is 17.2 Å². The zero-order valence-corrected chi connectivity index (χ0v) is 33.8. The van der Waals surface area contributed by atoms with Gasteiger partial charge in [0.2, 0.25) is 0 Å². The maximum Gasteiger partial charge on any atom is 2.00 e. The third kappa shape index (κ3) is 9.97. The summed E-state index contributed by atoms with van der Waals surface area (Å²) in [5, 5.41) is 34.1. The average molecular weight is 759 g/mol. The molecule has 0 unspecified atom stereocenters. The van der Waals surface area contributed by atoms with Gasteiger partial charge in [0.05, 0.1) is 36.5 Å². The zero-order chi connectivity index (χ0) is 35.9. The van der Waals surface area contributed by atoms with Crippen LogP contribution in [0.2, 0.25) is 0 Å². The largest absolute Gasteiger partial charge is 2.00 e. The van der Waals surface area contributed by atoms with Crippen LogP contribution in [0, 0.1) is 0 Å². The maximum atomic E-state index is 11.7. The number of rotatable bonds is 0. The molecule has 0 amide bonds. The summed E-state index contributed by atoms with van der Waals surface area (Å²) < 4.78 is 13.0. The Balaban J connectivity index is 0.00000351. The Morgan fingerprint density at radius 2 is 0.980 bits per heavy atom. The van der Waals surface area contributed by atoms with Gasteiger partial charge in [-0.15, -0.1) is 0 Å². The first-order valence-electron chi connectivity index (χ1n) is 17.7. The molecule has 7 nitrogen and oxygen atoms in total. The molecule has 1 aliphatic heterocycles. The van der Waals surface area contributed by atoms with Crippen LogP contribution in [0.25, 0.3) is 0 Å². The summed E-state index contributed by atoms with van der Waals surface area (Å²) in [5.74, 6) is 0.404. The molecule has 1 aliphatic carbocycles. The van der Waals surface area contributed by atoms with Crippen LogP contribution in [0.15, 0.2) is 52.4 Å². The monoisotopic (exact) mass is 758 g/mol. The van der Waals surface area contributed by atoms with Gasteiger partial charge < -0.3 is 37.2 Å². The molecule has 0 aromatic heterocycles. The number of hydrogen-bond donors (Lipinski definition) is 3. The third-order valence-corrected chi connectivity index (χ3v) is 10.0. The Bertz CT molecular complexity index is 1630. The number of halogens is 1. The molecule has 1 heterocycles. The minimum atomic E-state index is -0.860. The molecule has 51 heavy (non-hydrogen) atoms. The molecule has 3 aromatic rings. The number of nitrogens with zero attached hydrogens (tertiary/aromatic N) is 2. The van der Waals surface area contributed by atoms with Crippen molar-refractivity contribution in [2.24, 2.45) is 9.98 Å². The number of aromatic hydroxyl groups is 3. The second kappa shape index (κ2) is 16.0. The quantitative estimate of drug-likeness (QED) is 0.228. The Kier molecular flexibility index (Phi) is 13.4. The Morgan fingerprint density at radius 1 is 0.608 bits per heavy atom. The smallest absolute Gasteiger partial charge is 1.00 e. The molecule has 5 rings (SSSR count). The van der Waals surface area contributed by atoms with Gasteiger partial charge in [0.25, 0.3) is 0 Å². The fourth-order valence-electron chi connectivity index (χ4n) is 6.68. The molecule has 1 fully saturated rings. The standard InChI is InChI=1S/C42H56N2O5.ClH.Mn/c1-39(2,3)30-18-28-22-43-35-13-11-12-14-36(35)44-23-29-19-31(40(4,5)6)21-34(38(29)47)42(9,10)49-25-27-15-26(16-32(45)17-27)24-48-41(7,8)33(20-30)37(28)46;;/h15-23,35-36,45-47H,11-14,24-25H2,1-10H3;1H;/q;;+2/p-1/t35-,36-;;/m0../s1. The minimum absolute atomic E-state index is 0. The summed E-state index contributed by atoms with van der Waals surface area (Å²) in [6, 6.07) is 13.3. The van der Waals surface area contributed by atoms with Gasteiger partial charge in [-0.3, -0.25) is 9.98 Å². The van der Waals surface area contributed by atoms with E-state index in [-0.39, 0.29) is 82.9 Å². The van der Waals surface area contributed by atoms with Gasteiger partial charge in [-0.1, -0.05) is 60.5 Å². The van der Waals surface area contributed by atoms with Crippen LogP contribution >= 0.6 is 0 Å². The van der Waals surface area contributed by atoms with Crippen molar-refractivity contribution in [1.29, 1.82) is 0 Å². The zero-order valence-electron chi connectivity index (χ0n) is 31.9. The average Bonchev–Trinajstić information content (AvgIpc) is 3.00. The van der Waals surface area contributed by atoms with Gasteiger partial charge in [0.1, 0.15) is 17.2 Å². The molecule has 2 aliphatic rings. The molecule has 3 N–H and O–H groups in total. The molecular formula is C42H56ClMnN2O5+. The molecule has 1 saturated carbocycles. The van der Waals surface area contributed by atoms with E-state index in [2.05, 4.69) is 41.5 Å². The van der Waals surface area contributed by atoms with Crippen LogP contribution in [0.3, 0.4) is 0 Å². The number of aliphatic imine (C=N–C) groups is 2. The molecule has 0 spiro atoms. The van der Waals surface area contributed by atoms with Crippen LogP contribution in [0.4, 0.5) is 0 Å². The SMILES string of the molecule is CC(C)(C)c1cc2c(O)c(c1)C(C)(C)OCc1cc(O)cc(c1)COC(C)(C)c1cc(C(C)(C)C)cc(c1O)C=N[C@H]1CCCC[C@@H]1N=C2.[Cl-].[Mn+2]. The molecule has 6 bridgehead atoms. The molecule has 0 saturated heterocycles. The van der Waals surface area contributed by atoms with E-state index in [1.807, 2.05) is 70.5 Å². The second-order valence-electron chi connectivity index (χ2n) is 17.0. The van der Waals surface area contributed by atoms with E-state index in [1.165, 1.54) is 0 Å². The number of phenolic OH excluding ortho intramolecular Hbond substituents is 3. The third-order valence-electron chi connectivity index (χ3n) is 10.0. The van der Waals surface area contributed by atoms with Gasteiger partial charge in [-0.2, -0.15) is 0 Å². The number of benzene rings is 3. The van der Waals surface area contributed by atoms with E-state index < -0.39 is 11.2 Å². The van der Waals surface area contributed by atoms with Crippen molar-refractivity contribution in [3.63, 3.8) is 0 Å². The summed E-state index contributed by atoms with van der Waals surface area (Å²) in [6.45, 7) is 21.2. The fraction of sp³-hybridized carbons (Fsp3) is 0.524. The fourth-order valence-corrected chi connectivity index (χ4v) is 6.68. The summed E-state index contributed by atoms with van der Waals surface area (Å²) in [4.78, 5) is 10.1. The van der Waals surface area contributed by atoms with Crippen molar-refractivity contribution < 1.29 is 54.3 Å². The first-order valence-corrected chi connectivity index (χ1v) is 17.7. The van der Waals surface area contributed by atoms with Crippen molar-refractivity contribution in [1.82, 2.24) is 0 Å². The molecule has 3 aromatic carbocycles. The normalized spacial score (nSPS) is 20.6. The Hall–Kier alpha value is -2.87. The molecule has 1 radical (unpaired) electrons. The van der Waals surface area contributed by atoms with Crippen molar-refractivity contribution >= 4 is 12.4 Å². The summed E-state index contributed by atoms with van der Waals surface area (Å²) in [7, 11) is 0. The number of fused-ring (bicyclic) bond motifs is 7.